The highest BCUT2D eigenvalue weighted by molar-refractivity contribution is 9.09. The lowest BCUT2D eigenvalue weighted by atomic mass is 10.1. The molecule has 0 aliphatic rings. The number of benzene rings is 1. The van der Waals surface area contributed by atoms with Gasteiger partial charge in [-0.3, -0.25) is 4.79 Å². The molecule has 142 valence electrons. The number of hydrogen-bond acceptors (Lipinski definition) is 1. The number of unbranched alkanes of at least 4 members (excludes halogenated alkanes) is 9. The molecule has 0 saturated carbocycles. The lowest BCUT2D eigenvalue weighted by Crippen LogP contribution is -2.08. The molecule has 0 spiro atoms. The van der Waals surface area contributed by atoms with Gasteiger partial charge in [-0.25, -0.2) is 0 Å². The van der Waals surface area contributed by atoms with Crippen molar-refractivity contribution in [2.75, 3.05) is 5.33 Å². The summed E-state index contributed by atoms with van der Waals surface area (Å²) >= 11 is 3.48. The Morgan fingerprint density at radius 2 is 1.54 bits per heavy atom. The maximum Gasteiger partial charge on any atom is 0.190 e. The summed E-state index contributed by atoms with van der Waals surface area (Å²) in [5, 5.41) is 1.94. The van der Waals surface area contributed by atoms with E-state index >= 15 is 0 Å². The van der Waals surface area contributed by atoms with Gasteiger partial charge in [-0.05, 0) is 37.5 Å². The number of para-hydroxylation sites is 1. The second-order valence-electron chi connectivity index (χ2n) is 7.07. The number of fused-ring (bicyclic) bond motifs is 1. The van der Waals surface area contributed by atoms with E-state index in [4.69, 9.17) is 0 Å². The summed E-state index contributed by atoms with van der Waals surface area (Å²) in [6.07, 6.45) is 17.5. The number of alkyl halides is 1. The molecule has 0 saturated heterocycles. The van der Waals surface area contributed by atoms with E-state index in [0.717, 1.165) is 28.3 Å². The van der Waals surface area contributed by atoms with Crippen LogP contribution in [0.25, 0.3) is 17.0 Å². The zero-order chi connectivity index (χ0) is 18.6. The number of pyridine rings is 1. The van der Waals surface area contributed by atoms with Gasteiger partial charge in [0.25, 0.3) is 0 Å². The lowest BCUT2D eigenvalue weighted by molar-refractivity contribution is 0.568. The molecule has 1 aromatic heterocycles. The summed E-state index contributed by atoms with van der Waals surface area (Å²) < 4.78 is 2.10. The van der Waals surface area contributed by atoms with Gasteiger partial charge in [0, 0.05) is 29.5 Å². The first kappa shape index (κ1) is 21.0. The van der Waals surface area contributed by atoms with Crippen LogP contribution in [0.5, 0.6) is 0 Å². The first-order chi connectivity index (χ1) is 12.7. The molecular weight excluding hydrogens is 386 g/mol. The summed E-state index contributed by atoms with van der Waals surface area (Å²) in [7, 11) is 2.03. The fraction of sp³-hybridized carbons (Fsp3) is 0.522. The fourth-order valence-electron chi connectivity index (χ4n) is 3.38. The van der Waals surface area contributed by atoms with Crippen LogP contribution in [-0.4, -0.2) is 9.90 Å². The Kier molecular flexibility index (Phi) is 9.76. The third kappa shape index (κ3) is 6.75. The molecule has 0 aliphatic carbocycles. The summed E-state index contributed by atoms with van der Waals surface area (Å²) in [5.41, 5.74) is 2.09. The largest absolute Gasteiger partial charge is 0.344 e. The van der Waals surface area contributed by atoms with Crippen molar-refractivity contribution < 1.29 is 0 Å². The Labute approximate surface area is 166 Å². The van der Waals surface area contributed by atoms with Crippen LogP contribution in [0.4, 0.5) is 0 Å². The molecule has 3 heteroatoms. The predicted molar refractivity (Wildman–Crippen MR) is 118 cm³/mol. The molecule has 0 aliphatic heterocycles. The van der Waals surface area contributed by atoms with Gasteiger partial charge >= 0.3 is 0 Å². The van der Waals surface area contributed by atoms with Crippen molar-refractivity contribution in [3.05, 3.63) is 52.3 Å². The molecule has 0 atom stereocenters. The molecule has 2 nitrogen and oxygen atoms in total. The third-order valence-electron chi connectivity index (χ3n) is 4.99. The maximum atomic E-state index is 12.2. The Bertz CT molecular complexity index is 747. The van der Waals surface area contributed by atoms with Gasteiger partial charge in [0.15, 0.2) is 5.43 Å². The van der Waals surface area contributed by atoms with Crippen LogP contribution in [0, 0.1) is 0 Å². The van der Waals surface area contributed by atoms with Crippen LogP contribution in [0.3, 0.4) is 0 Å². The number of halogens is 1. The van der Waals surface area contributed by atoms with Gasteiger partial charge in [-0.15, -0.1) is 0 Å². The highest BCUT2D eigenvalue weighted by atomic mass is 79.9. The predicted octanol–water partition coefficient (Wildman–Crippen LogP) is 6.85. The van der Waals surface area contributed by atoms with E-state index in [1.54, 1.807) is 6.07 Å². The zero-order valence-electron chi connectivity index (χ0n) is 16.1. The zero-order valence-corrected chi connectivity index (χ0v) is 17.6. The fourth-order valence-corrected chi connectivity index (χ4v) is 3.78. The SMILES string of the molecule is Cn1c(/C=C/CCCCCCCCCCCBr)cc(=O)c2ccccc21. The minimum atomic E-state index is 0.106. The molecule has 0 bridgehead atoms. The van der Waals surface area contributed by atoms with E-state index in [1.807, 2.05) is 31.3 Å². The molecular formula is C23H32BrNO. The van der Waals surface area contributed by atoms with Crippen LogP contribution in [0.1, 0.15) is 69.9 Å². The van der Waals surface area contributed by atoms with Gasteiger partial charge < -0.3 is 4.57 Å². The van der Waals surface area contributed by atoms with Crippen LogP contribution in [-0.2, 0) is 7.05 Å². The summed E-state index contributed by atoms with van der Waals surface area (Å²) in [6, 6.07) is 9.55. The summed E-state index contributed by atoms with van der Waals surface area (Å²) in [6.45, 7) is 0. The summed E-state index contributed by atoms with van der Waals surface area (Å²) in [4.78, 5) is 12.2. The smallest absolute Gasteiger partial charge is 0.190 e. The van der Waals surface area contributed by atoms with E-state index in [9.17, 15) is 4.79 Å². The summed E-state index contributed by atoms with van der Waals surface area (Å²) in [5.74, 6) is 0. The molecule has 0 unspecified atom stereocenters. The number of aromatic nitrogens is 1. The Hall–Kier alpha value is -1.35. The maximum absolute atomic E-state index is 12.2. The van der Waals surface area contributed by atoms with Gasteiger partial charge in [-0.1, -0.05) is 79.1 Å². The van der Waals surface area contributed by atoms with Crippen molar-refractivity contribution in [2.24, 2.45) is 7.05 Å². The number of allylic oxidation sites excluding steroid dienone is 1. The minimum absolute atomic E-state index is 0.106. The van der Waals surface area contributed by atoms with E-state index in [0.29, 0.717) is 0 Å². The molecule has 1 aromatic carbocycles. The number of hydrogen-bond donors (Lipinski definition) is 0. The van der Waals surface area contributed by atoms with Gasteiger partial charge in [-0.2, -0.15) is 0 Å². The topological polar surface area (TPSA) is 22.0 Å². The average Bonchev–Trinajstić information content (AvgIpc) is 2.66. The first-order valence-electron chi connectivity index (χ1n) is 10.1. The highest BCUT2D eigenvalue weighted by Crippen LogP contribution is 2.14. The van der Waals surface area contributed by atoms with E-state index in [2.05, 4.69) is 32.6 Å². The first-order valence-corrected chi connectivity index (χ1v) is 11.2. The van der Waals surface area contributed by atoms with Gasteiger partial charge in [0.2, 0.25) is 0 Å². The van der Waals surface area contributed by atoms with E-state index in [-0.39, 0.29) is 5.43 Å². The quantitative estimate of drug-likeness (QED) is 0.273. The molecule has 0 fully saturated rings. The van der Waals surface area contributed by atoms with Crippen LogP contribution < -0.4 is 5.43 Å². The molecule has 2 aromatic rings. The van der Waals surface area contributed by atoms with Crippen molar-refractivity contribution in [3.63, 3.8) is 0 Å². The monoisotopic (exact) mass is 417 g/mol. The normalized spacial score (nSPS) is 11.6. The number of aryl methyl sites for hydroxylation is 1. The van der Waals surface area contributed by atoms with Crippen LogP contribution >= 0.6 is 15.9 Å². The van der Waals surface area contributed by atoms with Crippen molar-refractivity contribution in [2.45, 2.75) is 64.2 Å². The lowest BCUT2D eigenvalue weighted by Gasteiger charge is -2.09. The average molecular weight is 418 g/mol. The van der Waals surface area contributed by atoms with Gasteiger partial charge in [0.1, 0.15) is 0 Å². The molecule has 1 heterocycles. The van der Waals surface area contributed by atoms with E-state index in [1.165, 1.54) is 57.8 Å². The van der Waals surface area contributed by atoms with Crippen molar-refractivity contribution in [1.82, 2.24) is 4.57 Å². The van der Waals surface area contributed by atoms with Gasteiger partial charge in [0.05, 0.1) is 5.52 Å². The van der Waals surface area contributed by atoms with Crippen molar-refractivity contribution in [3.8, 4) is 0 Å². The van der Waals surface area contributed by atoms with Crippen molar-refractivity contribution >= 4 is 32.9 Å². The van der Waals surface area contributed by atoms with Crippen LogP contribution in [0.2, 0.25) is 0 Å². The minimum Gasteiger partial charge on any atom is -0.344 e. The van der Waals surface area contributed by atoms with E-state index < -0.39 is 0 Å². The molecule has 0 N–H and O–H groups in total. The second-order valence-corrected chi connectivity index (χ2v) is 7.86. The van der Waals surface area contributed by atoms with Crippen molar-refractivity contribution in [1.29, 1.82) is 0 Å². The molecule has 2 rings (SSSR count). The number of rotatable bonds is 12. The molecule has 26 heavy (non-hydrogen) atoms. The second kappa shape index (κ2) is 12.1. The molecule has 0 radical (unpaired) electrons. The Morgan fingerprint density at radius 1 is 0.923 bits per heavy atom. The molecule has 0 amide bonds. The Balaban J connectivity index is 1.67. The van der Waals surface area contributed by atoms with Crippen LogP contribution in [0.15, 0.2) is 41.2 Å². The standard InChI is InChI=1S/C23H32BrNO/c1-25-20(19-23(26)21-16-12-13-17-22(21)25)15-11-9-7-5-3-2-4-6-8-10-14-18-24/h11-13,15-17,19H,2-10,14,18H2,1H3/b15-11+. The third-order valence-corrected chi connectivity index (χ3v) is 5.55. The highest BCUT2D eigenvalue weighted by Gasteiger charge is 2.03. The number of nitrogens with zero attached hydrogens (tertiary/aromatic N) is 1. The Morgan fingerprint density at radius 3 is 2.23 bits per heavy atom.